The first kappa shape index (κ1) is 28.8. The van der Waals surface area contributed by atoms with Gasteiger partial charge in [0.1, 0.15) is 17.8 Å². The van der Waals surface area contributed by atoms with Gasteiger partial charge in [-0.1, -0.05) is 5.21 Å². The Kier molecular flexibility index (Phi) is 8.24. The minimum absolute atomic E-state index is 0.000213. The van der Waals surface area contributed by atoms with Crippen LogP contribution >= 0.6 is 0 Å². The third-order valence-corrected chi connectivity index (χ3v) is 7.12. The van der Waals surface area contributed by atoms with Crippen LogP contribution in [0.2, 0.25) is 0 Å². The molecule has 0 spiro atoms. The van der Waals surface area contributed by atoms with Crippen LogP contribution in [0.1, 0.15) is 17.5 Å². The topological polar surface area (TPSA) is 139 Å². The molecule has 0 radical (unpaired) electrons. The van der Waals surface area contributed by atoms with E-state index in [4.69, 9.17) is 13.9 Å². The molecule has 2 atom stereocenters. The van der Waals surface area contributed by atoms with Gasteiger partial charge in [0.2, 0.25) is 0 Å². The maximum atomic E-state index is 15.3. The summed E-state index contributed by atoms with van der Waals surface area (Å²) >= 11 is 0. The van der Waals surface area contributed by atoms with Crippen LogP contribution in [0.5, 0.6) is 5.95 Å². The van der Waals surface area contributed by atoms with Crippen LogP contribution in [0.4, 0.5) is 25.0 Å². The van der Waals surface area contributed by atoms with Crippen molar-refractivity contribution in [1.82, 2.24) is 30.3 Å². The van der Waals surface area contributed by atoms with Gasteiger partial charge in [0.15, 0.2) is 17.4 Å². The summed E-state index contributed by atoms with van der Waals surface area (Å²) in [5, 5.41) is 13.2. The number of nitrogens with one attached hydrogen (secondary N) is 1. The summed E-state index contributed by atoms with van der Waals surface area (Å²) in [5.41, 5.74) is -0.216. The molecule has 1 N–H and O–H groups in total. The van der Waals surface area contributed by atoms with E-state index in [-0.39, 0.29) is 68.3 Å². The van der Waals surface area contributed by atoms with Gasteiger partial charge in [-0.2, -0.15) is 0 Å². The summed E-state index contributed by atoms with van der Waals surface area (Å²) < 4.78 is 47.7. The number of halogens is 2. The van der Waals surface area contributed by atoms with Gasteiger partial charge in [-0.25, -0.2) is 23.3 Å². The number of nitrogens with zero attached hydrogens (tertiary/aromatic N) is 7. The fraction of sp³-hybridized carbons (Fsp3) is 0.423. The van der Waals surface area contributed by atoms with Gasteiger partial charge in [0.05, 0.1) is 32.1 Å². The number of methoxy groups -OCH3 is 1. The van der Waals surface area contributed by atoms with E-state index in [1.165, 1.54) is 44.9 Å². The highest BCUT2D eigenvalue weighted by Crippen LogP contribution is 2.31. The number of hydrazine groups is 1. The summed E-state index contributed by atoms with van der Waals surface area (Å²) in [6, 6.07) is 4.28. The molecule has 2 aromatic heterocycles. The SMILES string of the molecule is CCN(CCN1C[C@H](NC(=O)c2ccc(OC)o2)C(=O)N1C)c1c(F)cc(N2C[C@H](Cn3ccnn3)OC2=O)cc1F. The van der Waals surface area contributed by atoms with Gasteiger partial charge >= 0.3 is 6.09 Å². The number of likely N-dealkylation sites (N-methyl/N-ethyl adjacent to an activating group) is 2. The Labute approximate surface area is 239 Å². The molecule has 224 valence electrons. The van der Waals surface area contributed by atoms with Crippen LogP contribution in [0.3, 0.4) is 0 Å². The summed E-state index contributed by atoms with van der Waals surface area (Å²) in [7, 11) is 2.96. The first-order valence-corrected chi connectivity index (χ1v) is 13.2. The second-order valence-corrected chi connectivity index (χ2v) is 9.70. The molecule has 3 aromatic rings. The third kappa shape index (κ3) is 5.83. The van der Waals surface area contributed by atoms with Crippen molar-refractivity contribution < 1.29 is 37.1 Å². The van der Waals surface area contributed by atoms with Gasteiger partial charge < -0.3 is 24.1 Å². The minimum Gasteiger partial charge on any atom is -0.468 e. The summed E-state index contributed by atoms with van der Waals surface area (Å²) in [5.74, 6) is -2.44. The first-order valence-electron chi connectivity index (χ1n) is 13.2. The van der Waals surface area contributed by atoms with Crippen molar-refractivity contribution in [3.63, 3.8) is 0 Å². The lowest BCUT2D eigenvalue weighted by molar-refractivity contribution is -0.136. The molecular formula is C26H30F2N8O6. The van der Waals surface area contributed by atoms with Crippen molar-refractivity contribution in [3.05, 3.63) is 54.1 Å². The van der Waals surface area contributed by atoms with E-state index in [0.29, 0.717) is 0 Å². The number of ether oxygens (including phenoxy) is 2. The van der Waals surface area contributed by atoms with Crippen LogP contribution in [-0.2, 0) is 16.1 Å². The van der Waals surface area contributed by atoms with Crippen molar-refractivity contribution in [1.29, 1.82) is 0 Å². The number of carbonyl (C=O) groups is 3. The molecule has 0 saturated carbocycles. The summed E-state index contributed by atoms with van der Waals surface area (Å²) in [4.78, 5) is 40.4. The number of benzene rings is 1. The van der Waals surface area contributed by atoms with E-state index >= 15 is 8.78 Å². The molecule has 14 nitrogen and oxygen atoms in total. The lowest BCUT2D eigenvalue weighted by Crippen LogP contribution is -2.42. The number of aromatic nitrogens is 3. The van der Waals surface area contributed by atoms with Gasteiger partial charge in [-0.3, -0.25) is 19.5 Å². The molecule has 2 aliphatic heterocycles. The van der Waals surface area contributed by atoms with Crippen LogP contribution in [0.15, 0.2) is 41.1 Å². The molecule has 5 rings (SSSR count). The monoisotopic (exact) mass is 588 g/mol. The van der Waals surface area contributed by atoms with Crippen molar-refractivity contribution in [2.45, 2.75) is 25.6 Å². The maximum absolute atomic E-state index is 15.3. The molecule has 4 heterocycles. The van der Waals surface area contributed by atoms with Crippen LogP contribution in [0, 0.1) is 11.6 Å². The molecule has 16 heteroatoms. The summed E-state index contributed by atoms with van der Waals surface area (Å²) in [6.07, 6.45) is 1.84. The average Bonchev–Trinajstić information content (AvgIpc) is 3.76. The Balaban J connectivity index is 1.21. The third-order valence-electron chi connectivity index (χ3n) is 7.12. The smallest absolute Gasteiger partial charge is 0.414 e. The van der Waals surface area contributed by atoms with Gasteiger partial charge in [-0.05, 0) is 13.0 Å². The number of furan rings is 1. The van der Waals surface area contributed by atoms with E-state index < -0.39 is 35.8 Å². The maximum Gasteiger partial charge on any atom is 0.414 e. The van der Waals surface area contributed by atoms with E-state index in [9.17, 15) is 14.4 Å². The fourth-order valence-electron chi connectivity index (χ4n) is 4.95. The Bertz CT molecular complexity index is 1430. The molecule has 2 saturated heterocycles. The van der Waals surface area contributed by atoms with Crippen LogP contribution < -0.4 is 19.9 Å². The number of cyclic esters (lactones) is 1. The Morgan fingerprint density at radius 2 is 1.98 bits per heavy atom. The highest BCUT2D eigenvalue weighted by Gasteiger charge is 2.38. The molecule has 3 amide bonds. The Hall–Kier alpha value is -4.73. The molecule has 42 heavy (non-hydrogen) atoms. The van der Waals surface area contributed by atoms with Gasteiger partial charge in [0.25, 0.3) is 17.8 Å². The quantitative estimate of drug-likeness (QED) is 0.351. The number of rotatable bonds is 11. The molecule has 2 aliphatic rings. The largest absolute Gasteiger partial charge is 0.468 e. The zero-order chi connectivity index (χ0) is 30.0. The molecule has 2 fully saturated rings. The van der Waals surface area contributed by atoms with E-state index in [1.54, 1.807) is 25.2 Å². The summed E-state index contributed by atoms with van der Waals surface area (Å²) in [6.45, 7) is 2.93. The van der Waals surface area contributed by atoms with Crippen molar-refractivity contribution in [2.75, 3.05) is 56.7 Å². The van der Waals surface area contributed by atoms with E-state index in [2.05, 4.69) is 15.6 Å². The molecule has 0 aliphatic carbocycles. The van der Waals surface area contributed by atoms with Crippen molar-refractivity contribution in [3.8, 4) is 5.95 Å². The van der Waals surface area contributed by atoms with Crippen LogP contribution in [0.25, 0.3) is 0 Å². The average molecular weight is 589 g/mol. The number of hydrogen-bond acceptors (Lipinski definition) is 10. The Morgan fingerprint density at radius 3 is 2.62 bits per heavy atom. The van der Waals surface area contributed by atoms with Crippen molar-refractivity contribution in [2.24, 2.45) is 0 Å². The fourth-order valence-corrected chi connectivity index (χ4v) is 4.95. The molecule has 0 bridgehead atoms. The Morgan fingerprint density at radius 1 is 1.21 bits per heavy atom. The second-order valence-electron chi connectivity index (χ2n) is 9.70. The second kappa shape index (κ2) is 12.0. The van der Waals surface area contributed by atoms with Gasteiger partial charge in [0, 0.05) is 57.6 Å². The molecule has 0 unspecified atom stereocenters. The zero-order valence-electron chi connectivity index (χ0n) is 23.2. The normalized spacial score (nSPS) is 19.0. The predicted molar refractivity (Wildman–Crippen MR) is 143 cm³/mol. The standard InChI is InChI=1S/C26H30F2N8O6/c1-4-33(9-10-35-15-20(25(38)32(35)2)30-24(37)21-5-6-22(40-3)42-21)23-18(27)11-16(12-19(23)28)36-14-17(41-26(36)39)13-34-8-7-29-31-34/h5-8,11-12,17,20H,4,9-10,13-15H2,1-3H3,(H,30,37)/t17-,20-/m0/s1. The highest BCUT2D eigenvalue weighted by atomic mass is 19.1. The number of amides is 3. The number of carbonyl (C=O) groups excluding carboxylic acids is 3. The number of hydrogen-bond donors (Lipinski definition) is 1. The number of anilines is 2. The van der Waals surface area contributed by atoms with E-state index in [1.807, 2.05) is 0 Å². The highest BCUT2D eigenvalue weighted by molar-refractivity contribution is 5.96. The van der Waals surface area contributed by atoms with E-state index in [0.717, 1.165) is 12.1 Å². The lowest BCUT2D eigenvalue weighted by Gasteiger charge is -2.29. The minimum atomic E-state index is -0.843. The molecular weight excluding hydrogens is 558 g/mol. The van der Waals surface area contributed by atoms with Crippen LogP contribution in [-0.4, -0.2) is 102 Å². The zero-order valence-corrected chi connectivity index (χ0v) is 23.2. The van der Waals surface area contributed by atoms with Crippen molar-refractivity contribution >= 4 is 29.3 Å². The lowest BCUT2D eigenvalue weighted by atomic mass is 10.2. The predicted octanol–water partition coefficient (Wildman–Crippen LogP) is 1.50. The first-order chi connectivity index (χ1) is 20.2. The molecule has 1 aromatic carbocycles. The van der Waals surface area contributed by atoms with Gasteiger partial charge in [-0.15, -0.1) is 5.10 Å².